The van der Waals surface area contributed by atoms with Crippen LogP contribution in [0.4, 0.5) is 10.5 Å². The average Bonchev–Trinajstić information content (AvgIpc) is 2.85. The maximum atomic E-state index is 12.5. The van der Waals surface area contributed by atoms with Gasteiger partial charge in [-0.2, -0.15) is 4.98 Å². The summed E-state index contributed by atoms with van der Waals surface area (Å²) in [6.45, 7) is 2.97. The molecule has 1 aromatic heterocycles. The van der Waals surface area contributed by atoms with Crippen LogP contribution in [0.15, 0.2) is 22.7 Å². The van der Waals surface area contributed by atoms with E-state index in [1.807, 2.05) is 0 Å². The maximum absolute atomic E-state index is 12.5. The first kappa shape index (κ1) is 15.7. The van der Waals surface area contributed by atoms with Gasteiger partial charge in [-0.25, -0.2) is 4.79 Å². The minimum absolute atomic E-state index is 0.309. The predicted octanol–water partition coefficient (Wildman–Crippen LogP) is 2.74. The summed E-state index contributed by atoms with van der Waals surface area (Å²) >= 11 is 0. The lowest BCUT2D eigenvalue weighted by Gasteiger charge is -2.39. The fourth-order valence-corrected chi connectivity index (χ4v) is 3.05. The van der Waals surface area contributed by atoms with E-state index in [9.17, 15) is 4.79 Å². The molecule has 0 spiro atoms. The molecule has 1 aliphatic heterocycles. The monoisotopic (exact) mass is 344 g/mol. The van der Waals surface area contributed by atoms with Gasteiger partial charge < -0.3 is 24.6 Å². The molecule has 2 N–H and O–H groups in total. The smallest absolute Gasteiger partial charge is 0.320 e. The first-order chi connectivity index (χ1) is 12.1. The fraction of sp³-hybridized carbons (Fsp3) is 0.471. The highest BCUT2D eigenvalue weighted by atomic mass is 16.5. The Labute approximate surface area is 144 Å². The van der Waals surface area contributed by atoms with Gasteiger partial charge >= 0.3 is 6.03 Å². The third-order valence-corrected chi connectivity index (χ3v) is 4.52. The number of amides is 2. The number of ether oxygens (including phenoxy) is 2. The second-order valence-electron chi connectivity index (χ2n) is 6.36. The van der Waals surface area contributed by atoms with E-state index >= 15 is 0 Å². The SMILES string of the molecule is Cc1nc(C2(NC(=O)Nc3ccc4c(c3)OCCCO4)CCC2)no1. The highest BCUT2D eigenvalue weighted by Gasteiger charge is 2.44. The van der Waals surface area contributed by atoms with Crippen LogP contribution in [-0.4, -0.2) is 29.4 Å². The van der Waals surface area contributed by atoms with Crippen molar-refractivity contribution < 1.29 is 18.8 Å². The van der Waals surface area contributed by atoms with E-state index in [1.165, 1.54) is 0 Å². The van der Waals surface area contributed by atoms with Gasteiger partial charge in [-0.15, -0.1) is 0 Å². The molecule has 1 aromatic carbocycles. The molecule has 2 heterocycles. The molecule has 1 fully saturated rings. The lowest BCUT2D eigenvalue weighted by molar-refractivity contribution is 0.171. The summed E-state index contributed by atoms with van der Waals surface area (Å²) in [7, 11) is 0. The number of nitrogens with zero attached hydrogens (tertiary/aromatic N) is 2. The summed E-state index contributed by atoms with van der Waals surface area (Å²) in [6.07, 6.45) is 3.43. The normalized spacial score (nSPS) is 18.0. The molecule has 1 saturated carbocycles. The number of hydrogen-bond acceptors (Lipinski definition) is 6. The molecule has 0 saturated heterocycles. The zero-order valence-corrected chi connectivity index (χ0v) is 14.0. The molecule has 8 heteroatoms. The lowest BCUT2D eigenvalue weighted by atomic mass is 9.76. The Morgan fingerprint density at radius 3 is 2.64 bits per heavy atom. The first-order valence-corrected chi connectivity index (χ1v) is 8.44. The predicted molar refractivity (Wildman–Crippen MR) is 88.8 cm³/mol. The summed E-state index contributed by atoms with van der Waals surface area (Å²) < 4.78 is 16.3. The highest BCUT2D eigenvalue weighted by Crippen LogP contribution is 2.40. The number of rotatable bonds is 3. The zero-order valence-electron chi connectivity index (χ0n) is 14.0. The Morgan fingerprint density at radius 2 is 1.96 bits per heavy atom. The Hall–Kier alpha value is -2.77. The van der Waals surface area contributed by atoms with Crippen molar-refractivity contribution in [1.29, 1.82) is 0 Å². The van der Waals surface area contributed by atoms with E-state index < -0.39 is 5.54 Å². The number of nitrogens with one attached hydrogen (secondary N) is 2. The summed E-state index contributed by atoms with van der Waals surface area (Å²) in [5, 5.41) is 9.81. The van der Waals surface area contributed by atoms with Crippen molar-refractivity contribution >= 4 is 11.7 Å². The van der Waals surface area contributed by atoms with E-state index in [0.29, 0.717) is 42.1 Å². The van der Waals surface area contributed by atoms with Crippen LogP contribution in [0.3, 0.4) is 0 Å². The molecule has 2 aromatic rings. The number of carbonyl (C=O) groups is 1. The zero-order chi connectivity index (χ0) is 17.3. The number of fused-ring (bicyclic) bond motifs is 1. The molecule has 8 nitrogen and oxygen atoms in total. The van der Waals surface area contributed by atoms with Crippen LogP contribution in [0.1, 0.15) is 37.4 Å². The van der Waals surface area contributed by atoms with E-state index in [-0.39, 0.29) is 6.03 Å². The molecule has 4 rings (SSSR count). The van der Waals surface area contributed by atoms with Crippen molar-refractivity contribution in [2.24, 2.45) is 0 Å². The molecule has 0 radical (unpaired) electrons. The minimum atomic E-state index is -0.548. The number of urea groups is 1. The average molecular weight is 344 g/mol. The van der Waals surface area contributed by atoms with Gasteiger partial charge in [0.25, 0.3) is 0 Å². The Bertz CT molecular complexity index is 785. The second-order valence-corrected chi connectivity index (χ2v) is 6.36. The Morgan fingerprint density at radius 1 is 1.16 bits per heavy atom. The van der Waals surface area contributed by atoms with Crippen LogP contribution >= 0.6 is 0 Å². The van der Waals surface area contributed by atoms with Crippen molar-refractivity contribution in [3.8, 4) is 11.5 Å². The number of aromatic nitrogens is 2. The molecule has 0 bridgehead atoms. The van der Waals surface area contributed by atoms with Gasteiger partial charge in [0.2, 0.25) is 5.89 Å². The van der Waals surface area contributed by atoms with Gasteiger partial charge in [-0.1, -0.05) is 5.16 Å². The van der Waals surface area contributed by atoms with E-state index in [4.69, 9.17) is 14.0 Å². The van der Waals surface area contributed by atoms with Crippen LogP contribution < -0.4 is 20.1 Å². The van der Waals surface area contributed by atoms with Gasteiger partial charge in [0.15, 0.2) is 17.3 Å². The molecule has 25 heavy (non-hydrogen) atoms. The van der Waals surface area contributed by atoms with Gasteiger partial charge in [-0.3, -0.25) is 0 Å². The van der Waals surface area contributed by atoms with Gasteiger partial charge in [0.05, 0.1) is 13.2 Å². The maximum Gasteiger partial charge on any atom is 0.320 e. The number of hydrogen-bond donors (Lipinski definition) is 2. The molecular formula is C17H20N4O4. The van der Waals surface area contributed by atoms with Crippen molar-refractivity contribution in [2.75, 3.05) is 18.5 Å². The Balaban J connectivity index is 1.46. The highest BCUT2D eigenvalue weighted by molar-refractivity contribution is 5.90. The standard InChI is InChI=1S/C17H20N4O4/c1-11-18-15(21-25-11)17(6-2-7-17)20-16(22)19-12-4-5-13-14(10-12)24-9-3-8-23-13/h4-5,10H,2-3,6-9H2,1H3,(H2,19,20,22). The van der Waals surface area contributed by atoms with Crippen LogP contribution in [0.2, 0.25) is 0 Å². The summed E-state index contributed by atoms with van der Waals surface area (Å²) in [5.74, 6) is 2.36. The van der Waals surface area contributed by atoms with Gasteiger partial charge in [0.1, 0.15) is 5.54 Å². The Kier molecular flexibility index (Phi) is 3.95. The first-order valence-electron chi connectivity index (χ1n) is 8.44. The van der Waals surface area contributed by atoms with Crippen molar-refractivity contribution in [2.45, 2.75) is 38.1 Å². The topological polar surface area (TPSA) is 98.5 Å². The van der Waals surface area contributed by atoms with E-state index in [1.54, 1.807) is 25.1 Å². The summed E-state index contributed by atoms with van der Waals surface area (Å²) in [5.41, 5.74) is 0.0909. The van der Waals surface area contributed by atoms with E-state index in [2.05, 4.69) is 20.8 Å². The second kappa shape index (κ2) is 6.27. The van der Waals surface area contributed by atoms with Crippen molar-refractivity contribution in [1.82, 2.24) is 15.5 Å². The van der Waals surface area contributed by atoms with Crippen LogP contribution in [0.25, 0.3) is 0 Å². The number of anilines is 1. The fourth-order valence-electron chi connectivity index (χ4n) is 3.05. The molecule has 0 unspecified atom stereocenters. The quantitative estimate of drug-likeness (QED) is 0.888. The third-order valence-electron chi connectivity index (χ3n) is 4.52. The number of carbonyl (C=O) groups excluding carboxylic acids is 1. The largest absolute Gasteiger partial charge is 0.490 e. The third kappa shape index (κ3) is 3.11. The van der Waals surface area contributed by atoms with Crippen LogP contribution in [0, 0.1) is 6.92 Å². The summed E-state index contributed by atoms with van der Waals surface area (Å²) in [6, 6.07) is 5.06. The molecule has 1 aliphatic carbocycles. The van der Waals surface area contributed by atoms with Crippen molar-refractivity contribution in [3.63, 3.8) is 0 Å². The van der Waals surface area contributed by atoms with Crippen LogP contribution in [0.5, 0.6) is 11.5 Å². The molecule has 0 atom stereocenters. The number of aryl methyl sites for hydroxylation is 1. The van der Waals surface area contributed by atoms with Crippen LogP contribution in [-0.2, 0) is 5.54 Å². The van der Waals surface area contributed by atoms with Gasteiger partial charge in [-0.05, 0) is 31.4 Å². The van der Waals surface area contributed by atoms with Gasteiger partial charge in [0, 0.05) is 25.1 Å². The van der Waals surface area contributed by atoms with Crippen molar-refractivity contribution in [3.05, 3.63) is 29.9 Å². The van der Waals surface area contributed by atoms with E-state index in [0.717, 1.165) is 25.7 Å². The molecule has 2 amide bonds. The molecular weight excluding hydrogens is 324 g/mol. The molecule has 132 valence electrons. The number of benzene rings is 1. The molecule has 2 aliphatic rings. The lowest BCUT2D eigenvalue weighted by Crippen LogP contribution is -2.52. The summed E-state index contributed by atoms with van der Waals surface area (Å²) in [4.78, 5) is 16.7. The minimum Gasteiger partial charge on any atom is -0.490 e.